The Hall–Kier alpha value is -2.30. The van der Waals surface area contributed by atoms with Gasteiger partial charge in [-0.2, -0.15) is 0 Å². The van der Waals surface area contributed by atoms with Crippen LogP contribution in [0.3, 0.4) is 0 Å². The highest BCUT2D eigenvalue weighted by Gasteiger charge is 2.21. The molecule has 5 heteroatoms. The second kappa shape index (κ2) is 5.83. The minimum absolute atomic E-state index is 0.267. The summed E-state index contributed by atoms with van der Waals surface area (Å²) in [6.45, 7) is 1.84. The van der Waals surface area contributed by atoms with E-state index < -0.39 is 12.1 Å². The Labute approximate surface area is 127 Å². The van der Waals surface area contributed by atoms with Crippen molar-refractivity contribution < 1.29 is 18.7 Å². The molecule has 1 aliphatic carbocycles. The third kappa shape index (κ3) is 2.47. The molecule has 1 unspecified atom stereocenters. The summed E-state index contributed by atoms with van der Waals surface area (Å²) in [5.41, 5.74) is 2.11. The van der Waals surface area contributed by atoms with Crippen LogP contribution in [0.2, 0.25) is 0 Å². The zero-order valence-electron chi connectivity index (χ0n) is 12.7. The molecule has 0 saturated heterocycles. The molecule has 0 amide bonds. The Bertz CT molecular complexity index is 774. The van der Waals surface area contributed by atoms with Gasteiger partial charge >= 0.3 is 11.6 Å². The van der Waals surface area contributed by atoms with Crippen LogP contribution in [-0.4, -0.2) is 19.2 Å². The van der Waals surface area contributed by atoms with Crippen LogP contribution in [0.25, 0.3) is 11.0 Å². The first-order chi connectivity index (χ1) is 10.6. The number of aryl methyl sites for hydroxylation is 1. The Morgan fingerprint density at radius 3 is 2.82 bits per heavy atom. The quantitative estimate of drug-likeness (QED) is 0.641. The summed E-state index contributed by atoms with van der Waals surface area (Å²) in [5.74, 6) is 0.0730. The highest BCUT2D eigenvalue weighted by atomic mass is 16.6. The van der Waals surface area contributed by atoms with Crippen molar-refractivity contribution in [2.45, 2.75) is 38.7 Å². The van der Waals surface area contributed by atoms with E-state index in [1.165, 1.54) is 7.11 Å². The molecule has 1 atom stereocenters. The summed E-state index contributed by atoms with van der Waals surface area (Å²) < 4.78 is 15.7. The lowest BCUT2D eigenvalue weighted by Crippen LogP contribution is -2.27. The summed E-state index contributed by atoms with van der Waals surface area (Å²) in [6, 6.07) is 5.36. The summed E-state index contributed by atoms with van der Waals surface area (Å²) in [7, 11) is 1.33. The standard InChI is InChI=1S/C17H18O5/c1-3-14(17(19)20-2)21-10-7-8-12-11-5-4-6-13(11)16(18)22-15(12)9-10/h7-9,14H,3-6H2,1-2H3. The van der Waals surface area contributed by atoms with Crippen molar-refractivity contribution in [3.63, 3.8) is 0 Å². The number of carbonyl (C=O) groups is 1. The van der Waals surface area contributed by atoms with E-state index in [9.17, 15) is 9.59 Å². The first-order valence-corrected chi connectivity index (χ1v) is 7.47. The van der Waals surface area contributed by atoms with Crippen molar-refractivity contribution in [3.05, 3.63) is 39.7 Å². The predicted molar refractivity (Wildman–Crippen MR) is 81.2 cm³/mol. The van der Waals surface area contributed by atoms with E-state index in [2.05, 4.69) is 0 Å². The van der Waals surface area contributed by atoms with Gasteiger partial charge in [0.15, 0.2) is 6.10 Å². The number of methoxy groups -OCH3 is 1. The Balaban J connectivity index is 1.99. The number of benzene rings is 1. The highest BCUT2D eigenvalue weighted by Crippen LogP contribution is 2.30. The van der Waals surface area contributed by atoms with Crippen LogP contribution in [0.1, 0.15) is 30.9 Å². The lowest BCUT2D eigenvalue weighted by atomic mass is 10.1. The molecular weight excluding hydrogens is 284 g/mol. The summed E-state index contributed by atoms with van der Waals surface area (Å²) >= 11 is 0. The maximum atomic E-state index is 12.0. The molecule has 5 nitrogen and oxygen atoms in total. The highest BCUT2D eigenvalue weighted by molar-refractivity contribution is 5.83. The van der Waals surface area contributed by atoms with Crippen LogP contribution in [0.5, 0.6) is 5.75 Å². The number of ether oxygens (including phenoxy) is 2. The van der Waals surface area contributed by atoms with E-state index in [0.717, 1.165) is 35.8 Å². The van der Waals surface area contributed by atoms with Gasteiger partial charge in [-0.3, -0.25) is 0 Å². The monoisotopic (exact) mass is 302 g/mol. The predicted octanol–water partition coefficient (Wildman–Crippen LogP) is 2.61. The molecule has 0 saturated carbocycles. The van der Waals surface area contributed by atoms with E-state index in [1.54, 1.807) is 12.1 Å². The Kier molecular flexibility index (Phi) is 3.88. The van der Waals surface area contributed by atoms with Crippen molar-refractivity contribution in [1.29, 1.82) is 0 Å². The van der Waals surface area contributed by atoms with E-state index >= 15 is 0 Å². The van der Waals surface area contributed by atoms with Crippen molar-refractivity contribution in [3.8, 4) is 5.75 Å². The molecular formula is C17H18O5. The zero-order chi connectivity index (χ0) is 15.7. The van der Waals surface area contributed by atoms with Crippen LogP contribution in [0.15, 0.2) is 27.4 Å². The summed E-state index contributed by atoms with van der Waals surface area (Å²) in [5, 5.41) is 0.950. The average Bonchev–Trinajstić information content (AvgIpc) is 3.02. The first kappa shape index (κ1) is 14.6. The molecule has 116 valence electrons. The van der Waals surface area contributed by atoms with Crippen LogP contribution < -0.4 is 10.4 Å². The van der Waals surface area contributed by atoms with Crippen LogP contribution >= 0.6 is 0 Å². The lowest BCUT2D eigenvalue weighted by Gasteiger charge is -2.15. The van der Waals surface area contributed by atoms with Crippen LogP contribution in [0, 0.1) is 0 Å². The van der Waals surface area contributed by atoms with Gasteiger partial charge in [-0.15, -0.1) is 0 Å². The number of hydrogen-bond donors (Lipinski definition) is 0. The van der Waals surface area contributed by atoms with Crippen molar-refractivity contribution >= 4 is 16.9 Å². The lowest BCUT2D eigenvalue weighted by molar-refractivity contribution is -0.148. The minimum Gasteiger partial charge on any atom is -0.479 e. The maximum Gasteiger partial charge on any atom is 0.347 e. The third-order valence-corrected chi connectivity index (χ3v) is 4.06. The molecule has 1 aromatic carbocycles. The molecule has 0 spiro atoms. The molecule has 0 radical (unpaired) electrons. The number of hydrogen-bond acceptors (Lipinski definition) is 5. The van der Waals surface area contributed by atoms with E-state index in [-0.39, 0.29) is 5.63 Å². The molecule has 1 aromatic heterocycles. The third-order valence-electron chi connectivity index (χ3n) is 4.06. The number of rotatable bonds is 4. The van der Waals surface area contributed by atoms with Gasteiger partial charge in [0.1, 0.15) is 11.3 Å². The number of fused-ring (bicyclic) bond motifs is 3. The Morgan fingerprint density at radius 1 is 1.32 bits per heavy atom. The second-order valence-electron chi connectivity index (χ2n) is 5.40. The molecule has 3 rings (SSSR count). The fourth-order valence-corrected chi connectivity index (χ4v) is 2.93. The van der Waals surface area contributed by atoms with Crippen molar-refractivity contribution in [2.24, 2.45) is 0 Å². The summed E-state index contributed by atoms with van der Waals surface area (Å²) in [4.78, 5) is 23.6. The molecule has 2 aromatic rings. The fourth-order valence-electron chi connectivity index (χ4n) is 2.93. The SMILES string of the molecule is CCC(Oc1ccc2c3c(c(=O)oc2c1)CCC3)C(=O)OC. The largest absolute Gasteiger partial charge is 0.479 e. The van der Waals surface area contributed by atoms with E-state index in [0.29, 0.717) is 17.8 Å². The number of carbonyl (C=O) groups excluding carboxylic acids is 1. The molecule has 22 heavy (non-hydrogen) atoms. The normalized spacial score (nSPS) is 14.6. The van der Waals surface area contributed by atoms with Gasteiger partial charge in [-0.05, 0) is 43.4 Å². The molecule has 0 bridgehead atoms. The van der Waals surface area contributed by atoms with Gasteiger partial charge in [0, 0.05) is 17.0 Å². The molecule has 0 aliphatic heterocycles. The molecule has 1 heterocycles. The zero-order valence-corrected chi connectivity index (χ0v) is 12.7. The number of esters is 1. The van der Waals surface area contributed by atoms with Gasteiger partial charge in [0.25, 0.3) is 0 Å². The van der Waals surface area contributed by atoms with E-state index in [4.69, 9.17) is 13.9 Å². The fraction of sp³-hybridized carbons (Fsp3) is 0.412. The van der Waals surface area contributed by atoms with Crippen molar-refractivity contribution in [2.75, 3.05) is 7.11 Å². The van der Waals surface area contributed by atoms with Gasteiger partial charge < -0.3 is 13.9 Å². The molecule has 0 fully saturated rings. The van der Waals surface area contributed by atoms with E-state index in [1.807, 2.05) is 13.0 Å². The topological polar surface area (TPSA) is 65.7 Å². The van der Waals surface area contributed by atoms with Gasteiger partial charge in [0.2, 0.25) is 0 Å². The van der Waals surface area contributed by atoms with Gasteiger partial charge in [0.05, 0.1) is 7.11 Å². The minimum atomic E-state index is -0.663. The molecule has 0 N–H and O–H groups in total. The summed E-state index contributed by atoms with van der Waals surface area (Å²) in [6.07, 6.45) is 2.50. The average molecular weight is 302 g/mol. The Morgan fingerprint density at radius 2 is 2.09 bits per heavy atom. The first-order valence-electron chi connectivity index (χ1n) is 7.47. The second-order valence-corrected chi connectivity index (χ2v) is 5.40. The smallest absolute Gasteiger partial charge is 0.347 e. The van der Waals surface area contributed by atoms with Crippen molar-refractivity contribution in [1.82, 2.24) is 0 Å². The van der Waals surface area contributed by atoms with Gasteiger partial charge in [-0.1, -0.05) is 6.92 Å². The van der Waals surface area contributed by atoms with Crippen LogP contribution in [-0.2, 0) is 22.4 Å². The molecule has 1 aliphatic rings. The maximum absolute atomic E-state index is 12.0. The van der Waals surface area contributed by atoms with Gasteiger partial charge in [-0.25, -0.2) is 9.59 Å². The van der Waals surface area contributed by atoms with Crippen LogP contribution in [0.4, 0.5) is 0 Å².